The molecule has 0 nitrogen and oxygen atoms in total. The zero-order chi connectivity index (χ0) is 7.40. The Labute approximate surface area is 66.6 Å². The average Bonchev–Trinajstić information content (AvgIpc) is 2.05. The minimum atomic E-state index is 0.0871. The number of hydrogen-bond donors (Lipinski definition) is 0. The highest BCUT2D eigenvalue weighted by Gasteiger charge is 1.95. The van der Waals surface area contributed by atoms with Crippen molar-refractivity contribution < 1.29 is 7.77 Å². The van der Waals surface area contributed by atoms with Crippen molar-refractivity contribution in [3.63, 3.8) is 0 Å². The largest absolute Gasteiger partial charge is 0.160 e. The van der Waals surface area contributed by atoms with E-state index in [2.05, 4.69) is 6.07 Å². The maximum atomic E-state index is 11.8. The molecule has 0 saturated heterocycles. The number of halogens is 2. The molecule has 0 aromatic heterocycles. The van der Waals surface area contributed by atoms with Gasteiger partial charge in [-0.15, -0.1) is 0 Å². The quantitative estimate of drug-likeness (QED) is 0.678. The standard InChI is InChI=1S/C6H3F2S2/c7-9-5-2-1-3-6(4-5)10-8/h2-4H. The van der Waals surface area contributed by atoms with Crippen molar-refractivity contribution in [1.82, 2.24) is 0 Å². The Kier molecular flexibility index (Phi) is 3.02. The fraction of sp³-hybridized carbons (Fsp3) is 0. The van der Waals surface area contributed by atoms with E-state index in [4.69, 9.17) is 0 Å². The molecule has 1 aromatic rings. The predicted octanol–water partition coefficient (Wildman–Crippen LogP) is 3.44. The Bertz CT molecular complexity index is 195. The molecule has 0 aliphatic heterocycles. The highest BCUT2D eigenvalue weighted by Crippen LogP contribution is 2.25. The molecule has 1 rings (SSSR count). The van der Waals surface area contributed by atoms with Crippen molar-refractivity contribution in [3.05, 3.63) is 24.3 Å². The second-order valence-electron chi connectivity index (χ2n) is 1.56. The fourth-order valence-corrected chi connectivity index (χ4v) is 1.16. The van der Waals surface area contributed by atoms with Crippen molar-refractivity contribution in [1.29, 1.82) is 0 Å². The van der Waals surface area contributed by atoms with Crippen molar-refractivity contribution in [2.24, 2.45) is 0 Å². The van der Waals surface area contributed by atoms with Crippen LogP contribution < -0.4 is 0 Å². The van der Waals surface area contributed by atoms with E-state index >= 15 is 0 Å². The Morgan fingerprint density at radius 1 is 1.10 bits per heavy atom. The molecule has 0 bridgehead atoms. The molecule has 53 valence electrons. The SMILES string of the molecule is FSc1c[c]cc(SF)c1. The van der Waals surface area contributed by atoms with E-state index < -0.39 is 0 Å². The van der Waals surface area contributed by atoms with Crippen LogP contribution in [0.3, 0.4) is 0 Å². The third-order valence-electron chi connectivity index (χ3n) is 0.914. The topological polar surface area (TPSA) is 0 Å². The normalized spacial score (nSPS) is 9.80. The second-order valence-corrected chi connectivity index (χ2v) is 2.81. The van der Waals surface area contributed by atoms with Gasteiger partial charge in [0.1, 0.15) is 0 Å². The minimum absolute atomic E-state index is 0.0871. The van der Waals surface area contributed by atoms with Gasteiger partial charge in [-0.1, -0.05) is 0 Å². The minimum Gasteiger partial charge on any atom is -0.160 e. The van der Waals surface area contributed by atoms with Gasteiger partial charge in [0.2, 0.25) is 0 Å². The first-order chi connectivity index (χ1) is 4.86. The van der Waals surface area contributed by atoms with Crippen LogP contribution in [0.2, 0.25) is 0 Å². The summed E-state index contributed by atoms with van der Waals surface area (Å²) in [7, 11) is 0. The fourth-order valence-electron chi connectivity index (χ4n) is 0.519. The van der Waals surface area contributed by atoms with Gasteiger partial charge in [-0.3, -0.25) is 0 Å². The van der Waals surface area contributed by atoms with Gasteiger partial charge in [0.15, 0.2) is 0 Å². The smallest absolute Gasteiger partial charge is 0.0812 e. The Morgan fingerprint density at radius 3 is 2.00 bits per heavy atom. The molecule has 0 saturated carbocycles. The third kappa shape index (κ3) is 1.88. The number of rotatable bonds is 2. The molecule has 0 unspecified atom stereocenters. The van der Waals surface area contributed by atoms with Crippen LogP contribution in [0.1, 0.15) is 0 Å². The van der Waals surface area contributed by atoms with E-state index in [1.54, 1.807) is 0 Å². The summed E-state index contributed by atoms with van der Waals surface area (Å²) < 4.78 is 23.6. The lowest BCUT2D eigenvalue weighted by atomic mass is 10.4. The lowest BCUT2D eigenvalue weighted by Gasteiger charge is -1.92. The first kappa shape index (κ1) is 7.88. The molecule has 4 heteroatoms. The van der Waals surface area contributed by atoms with Crippen LogP contribution in [-0.2, 0) is 0 Å². The summed E-state index contributed by atoms with van der Waals surface area (Å²) in [5.74, 6) is 0. The van der Waals surface area contributed by atoms with Crippen LogP contribution in [0.25, 0.3) is 0 Å². The molecule has 0 fully saturated rings. The summed E-state index contributed by atoms with van der Waals surface area (Å²) in [4.78, 5) is 0.755. The van der Waals surface area contributed by atoms with Crippen molar-refractivity contribution >= 4 is 24.3 Å². The highest BCUT2D eigenvalue weighted by molar-refractivity contribution is 7.95. The molecule has 0 heterocycles. The zero-order valence-corrected chi connectivity index (χ0v) is 6.44. The van der Waals surface area contributed by atoms with E-state index in [9.17, 15) is 7.77 Å². The Hall–Kier alpha value is -0.220. The maximum absolute atomic E-state index is 11.8. The maximum Gasteiger partial charge on any atom is 0.0812 e. The first-order valence-corrected chi connectivity index (χ1v) is 3.88. The molecule has 0 atom stereocenters. The summed E-state index contributed by atoms with van der Waals surface area (Å²) in [5.41, 5.74) is 0. The number of hydrogen-bond acceptors (Lipinski definition) is 2. The van der Waals surface area contributed by atoms with Crippen LogP contribution >= 0.6 is 24.3 Å². The van der Waals surface area contributed by atoms with E-state index in [1.165, 1.54) is 18.2 Å². The van der Waals surface area contributed by atoms with Crippen molar-refractivity contribution in [3.8, 4) is 0 Å². The summed E-state index contributed by atoms with van der Waals surface area (Å²) in [6, 6.07) is 6.96. The Morgan fingerprint density at radius 2 is 1.60 bits per heavy atom. The molecule has 1 radical (unpaired) electrons. The van der Waals surface area contributed by atoms with Crippen molar-refractivity contribution in [2.75, 3.05) is 0 Å². The average molecular weight is 177 g/mol. The number of benzene rings is 1. The van der Waals surface area contributed by atoms with Gasteiger partial charge in [0.25, 0.3) is 0 Å². The van der Waals surface area contributed by atoms with Crippen molar-refractivity contribution in [2.45, 2.75) is 9.79 Å². The molecule has 0 N–H and O–H groups in total. The summed E-state index contributed by atoms with van der Waals surface area (Å²) in [6.45, 7) is 0. The molecule has 10 heavy (non-hydrogen) atoms. The lowest BCUT2D eigenvalue weighted by Crippen LogP contribution is -1.68. The van der Waals surface area contributed by atoms with Gasteiger partial charge < -0.3 is 0 Å². The summed E-state index contributed by atoms with van der Waals surface area (Å²) in [5, 5.41) is 0. The molecular formula is C6H3F2S2. The van der Waals surface area contributed by atoms with Gasteiger partial charge in [0.05, 0.1) is 24.3 Å². The monoisotopic (exact) mass is 177 g/mol. The van der Waals surface area contributed by atoms with Gasteiger partial charge >= 0.3 is 0 Å². The molecule has 0 spiro atoms. The van der Waals surface area contributed by atoms with Crippen LogP contribution in [0, 0.1) is 6.07 Å². The van der Waals surface area contributed by atoms with Crippen LogP contribution in [-0.4, -0.2) is 0 Å². The molecular weight excluding hydrogens is 174 g/mol. The molecule has 1 aromatic carbocycles. The third-order valence-corrected chi connectivity index (χ3v) is 1.74. The molecule has 0 aliphatic carbocycles. The lowest BCUT2D eigenvalue weighted by molar-refractivity contribution is 0.926. The van der Waals surface area contributed by atoms with Gasteiger partial charge in [0, 0.05) is 9.79 Å². The van der Waals surface area contributed by atoms with E-state index in [1.807, 2.05) is 0 Å². The van der Waals surface area contributed by atoms with Gasteiger partial charge in [-0.2, -0.15) is 7.77 Å². The van der Waals surface area contributed by atoms with E-state index in [0.717, 1.165) is 0 Å². The highest BCUT2D eigenvalue weighted by atomic mass is 32.2. The molecule has 0 aliphatic rings. The molecule has 0 amide bonds. The summed E-state index contributed by atoms with van der Waals surface area (Å²) in [6.07, 6.45) is 0. The van der Waals surface area contributed by atoms with E-state index in [-0.39, 0.29) is 24.3 Å². The van der Waals surface area contributed by atoms with Crippen LogP contribution in [0.15, 0.2) is 28.0 Å². The van der Waals surface area contributed by atoms with Crippen LogP contribution in [0.4, 0.5) is 7.77 Å². The van der Waals surface area contributed by atoms with E-state index in [0.29, 0.717) is 9.79 Å². The first-order valence-electron chi connectivity index (χ1n) is 2.45. The predicted molar refractivity (Wildman–Crippen MR) is 39.2 cm³/mol. The Balaban J connectivity index is 2.87. The van der Waals surface area contributed by atoms with Gasteiger partial charge in [-0.05, 0) is 24.3 Å². The van der Waals surface area contributed by atoms with Gasteiger partial charge in [-0.25, -0.2) is 0 Å². The zero-order valence-electron chi connectivity index (χ0n) is 4.80. The summed E-state index contributed by atoms with van der Waals surface area (Å²) >= 11 is 0.174. The van der Waals surface area contributed by atoms with Crippen LogP contribution in [0.5, 0.6) is 0 Å². The second kappa shape index (κ2) is 3.83.